The monoisotopic (exact) mass is 204 g/mol. The number of hydrogen-bond acceptors (Lipinski definition) is 1. The molecule has 0 spiro atoms. The second kappa shape index (κ2) is 3.12. The maximum absolute atomic E-state index is 12.7. The van der Waals surface area contributed by atoms with Gasteiger partial charge in [0.1, 0.15) is 5.82 Å². The molecular formula is C7H6BrFO. The van der Waals surface area contributed by atoms with Crippen LogP contribution in [0.5, 0.6) is 0 Å². The van der Waals surface area contributed by atoms with E-state index in [2.05, 4.69) is 15.9 Å². The fourth-order valence-electron chi connectivity index (χ4n) is 0.650. The quantitative estimate of drug-likeness (QED) is 0.744. The van der Waals surface area contributed by atoms with E-state index in [1.807, 2.05) is 0 Å². The first-order valence-electron chi connectivity index (χ1n) is 2.79. The highest BCUT2D eigenvalue weighted by atomic mass is 79.9. The fourth-order valence-corrected chi connectivity index (χ4v) is 0.983. The van der Waals surface area contributed by atoms with Crippen molar-refractivity contribution in [2.75, 3.05) is 0 Å². The zero-order chi connectivity index (χ0) is 7.56. The third kappa shape index (κ3) is 1.55. The molecule has 0 bridgehead atoms. The number of rotatable bonds is 1. The molecule has 0 heterocycles. The lowest BCUT2D eigenvalue weighted by Crippen LogP contribution is -1.87. The Bertz CT molecular complexity index is 237. The first kappa shape index (κ1) is 7.69. The molecule has 0 saturated heterocycles. The van der Waals surface area contributed by atoms with E-state index in [0.29, 0.717) is 10.0 Å². The Labute approximate surface area is 66.6 Å². The number of benzene rings is 1. The molecule has 1 aromatic rings. The number of halogens is 2. The van der Waals surface area contributed by atoms with Gasteiger partial charge in [-0.1, -0.05) is 22.0 Å². The third-order valence-electron chi connectivity index (χ3n) is 1.19. The van der Waals surface area contributed by atoms with E-state index in [-0.39, 0.29) is 12.4 Å². The van der Waals surface area contributed by atoms with Gasteiger partial charge in [0.05, 0.1) is 6.61 Å². The molecule has 0 radical (unpaired) electrons. The smallest absolute Gasteiger partial charge is 0.129 e. The second-order valence-corrected chi connectivity index (χ2v) is 2.81. The molecule has 0 aliphatic rings. The van der Waals surface area contributed by atoms with Crippen LogP contribution in [0.15, 0.2) is 22.7 Å². The molecule has 1 aromatic carbocycles. The van der Waals surface area contributed by atoms with E-state index < -0.39 is 0 Å². The van der Waals surface area contributed by atoms with Gasteiger partial charge < -0.3 is 5.11 Å². The summed E-state index contributed by atoms with van der Waals surface area (Å²) < 4.78 is 13.3. The van der Waals surface area contributed by atoms with Crippen LogP contribution in [0.4, 0.5) is 4.39 Å². The molecule has 0 unspecified atom stereocenters. The Balaban J connectivity index is 3.07. The van der Waals surface area contributed by atoms with Crippen molar-refractivity contribution in [2.45, 2.75) is 6.61 Å². The van der Waals surface area contributed by atoms with Crippen molar-refractivity contribution >= 4 is 15.9 Å². The maximum Gasteiger partial charge on any atom is 0.129 e. The van der Waals surface area contributed by atoms with Crippen LogP contribution in [0.25, 0.3) is 0 Å². The fraction of sp³-hybridized carbons (Fsp3) is 0.143. The first-order valence-corrected chi connectivity index (χ1v) is 3.58. The molecule has 0 atom stereocenters. The summed E-state index contributed by atoms with van der Waals surface area (Å²) in [6.07, 6.45) is 0. The van der Waals surface area contributed by atoms with E-state index in [1.165, 1.54) is 6.07 Å². The van der Waals surface area contributed by atoms with E-state index in [1.54, 1.807) is 12.1 Å². The highest BCUT2D eigenvalue weighted by molar-refractivity contribution is 9.10. The standard InChI is InChI=1S/C7H6BrFO/c8-6-2-1-5(4-10)7(9)3-6/h1-3,10H,4H2. The molecule has 0 aromatic heterocycles. The minimum absolute atomic E-state index is 0.251. The molecule has 0 amide bonds. The molecule has 1 nitrogen and oxygen atoms in total. The van der Waals surface area contributed by atoms with Crippen LogP contribution in [0, 0.1) is 5.82 Å². The first-order chi connectivity index (χ1) is 4.74. The van der Waals surface area contributed by atoms with Crippen molar-refractivity contribution < 1.29 is 9.50 Å². The van der Waals surface area contributed by atoms with Crippen LogP contribution in [-0.4, -0.2) is 5.11 Å². The van der Waals surface area contributed by atoms with Crippen LogP contribution in [0.2, 0.25) is 0 Å². The summed E-state index contributed by atoms with van der Waals surface area (Å²) in [5, 5.41) is 8.55. The lowest BCUT2D eigenvalue weighted by molar-refractivity contribution is 0.275. The summed E-state index contributed by atoms with van der Waals surface area (Å²) in [6.45, 7) is -0.251. The Morgan fingerprint density at radius 2 is 2.20 bits per heavy atom. The highest BCUT2D eigenvalue weighted by Gasteiger charge is 1.99. The van der Waals surface area contributed by atoms with E-state index >= 15 is 0 Å². The number of aliphatic hydroxyl groups excluding tert-OH is 1. The van der Waals surface area contributed by atoms with Crippen molar-refractivity contribution in [2.24, 2.45) is 0 Å². The average Bonchev–Trinajstić information content (AvgIpc) is 1.88. The molecular weight excluding hydrogens is 199 g/mol. The van der Waals surface area contributed by atoms with E-state index in [4.69, 9.17) is 5.11 Å². The lowest BCUT2D eigenvalue weighted by Gasteiger charge is -1.97. The average molecular weight is 205 g/mol. The largest absolute Gasteiger partial charge is 0.392 e. The van der Waals surface area contributed by atoms with Gasteiger partial charge in [0, 0.05) is 10.0 Å². The molecule has 0 saturated carbocycles. The minimum Gasteiger partial charge on any atom is -0.392 e. The summed E-state index contributed by atoms with van der Waals surface area (Å²) in [6, 6.07) is 4.56. The van der Waals surface area contributed by atoms with Crippen LogP contribution < -0.4 is 0 Å². The van der Waals surface area contributed by atoms with Gasteiger partial charge in [-0.25, -0.2) is 4.39 Å². The summed E-state index contributed by atoms with van der Waals surface area (Å²) in [5.41, 5.74) is 0.322. The molecule has 3 heteroatoms. The zero-order valence-corrected chi connectivity index (χ0v) is 6.73. The number of aliphatic hydroxyl groups is 1. The van der Waals surface area contributed by atoms with Gasteiger partial charge in [-0.2, -0.15) is 0 Å². The normalized spacial score (nSPS) is 9.90. The highest BCUT2D eigenvalue weighted by Crippen LogP contribution is 2.14. The molecule has 1 rings (SSSR count). The van der Waals surface area contributed by atoms with Gasteiger partial charge in [0.15, 0.2) is 0 Å². The Kier molecular flexibility index (Phi) is 2.40. The van der Waals surface area contributed by atoms with E-state index in [0.717, 1.165) is 0 Å². The molecule has 0 aliphatic heterocycles. The van der Waals surface area contributed by atoms with Crippen molar-refractivity contribution in [3.8, 4) is 0 Å². The van der Waals surface area contributed by atoms with Gasteiger partial charge in [0.2, 0.25) is 0 Å². The Morgan fingerprint density at radius 3 is 2.70 bits per heavy atom. The van der Waals surface area contributed by atoms with Crippen molar-refractivity contribution in [3.05, 3.63) is 34.1 Å². The molecule has 10 heavy (non-hydrogen) atoms. The third-order valence-corrected chi connectivity index (χ3v) is 1.68. The predicted octanol–water partition coefficient (Wildman–Crippen LogP) is 2.08. The SMILES string of the molecule is OCc1ccc(Br)cc1F. The van der Waals surface area contributed by atoms with Gasteiger partial charge in [-0.05, 0) is 12.1 Å². The zero-order valence-electron chi connectivity index (χ0n) is 5.14. The molecule has 0 fully saturated rings. The van der Waals surface area contributed by atoms with Crippen molar-refractivity contribution in [3.63, 3.8) is 0 Å². The minimum atomic E-state index is -0.378. The van der Waals surface area contributed by atoms with Gasteiger partial charge in [-0.3, -0.25) is 0 Å². The van der Waals surface area contributed by atoms with E-state index in [9.17, 15) is 4.39 Å². The van der Waals surface area contributed by atoms with Crippen LogP contribution in [0.3, 0.4) is 0 Å². The topological polar surface area (TPSA) is 20.2 Å². The Morgan fingerprint density at radius 1 is 1.50 bits per heavy atom. The number of hydrogen-bond donors (Lipinski definition) is 1. The molecule has 0 aliphatic carbocycles. The van der Waals surface area contributed by atoms with Crippen LogP contribution in [0.1, 0.15) is 5.56 Å². The van der Waals surface area contributed by atoms with Gasteiger partial charge in [0.25, 0.3) is 0 Å². The molecule has 54 valence electrons. The summed E-state index contributed by atoms with van der Waals surface area (Å²) in [5.74, 6) is -0.378. The second-order valence-electron chi connectivity index (χ2n) is 1.89. The van der Waals surface area contributed by atoms with Crippen LogP contribution >= 0.6 is 15.9 Å². The summed E-state index contributed by atoms with van der Waals surface area (Å²) >= 11 is 3.10. The maximum atomic E-state index is 12.7. The van der Waals surface area contributed by atoms with Gasteiger partial charge in [-0.15, -0.1) is 0 Å². The molecule has 1 N–H and O–H groups in total. The summed E-state index contributed by atoms with van der Waals surface area (Å²) in [4.78, 5) is 0. The van der Waals surface area contributed by atoms with Crippen LogP contribution in [-0.2, 0) is 6.61 Å². The predicted molar refractivity (Wildman–Crippen MR) is 40.0 cm³/mol. The Hall–Kier alpha value is -0.410. The van der Waals surface area contributed by atoms with Crippen molar-refractivity contribution in [1.82, 2.24) is 0 Å². The lowest BCUT2D eigenvalue weighted by atomic mass is 10.2. The van der Waals surface area contributed by atoms with Gasteiger partial charge >= 0.3 is 0 Å². The summed E-state index contributed by atoms with van der Waals surface area (Å²) in [7, 11) is 0. The van der Waals surface area contributed by atoms with Crippen molar-refractivity contribution in [1.29, 1.82) is 0 Å².